The Morgan fingerprint density at radius 3 is 2.50 bits per heavy atom. The SMILES string of the molecule is C=C(NC(C)C)/C(C)=C\NC=O. The van der Waals surface area contributed by atoms with Gasteiger partial charge in [0.25, 0.3) is 0 Å². The molecule has 3 heteroatoms. The van der Waals surface area contributed by atoms with Crippen molar-refractivity contribution in [3.63, 3.8) is 0 Å². The Bertz CT molecular complexity index is 195. The van der Waals surface area contributed by atoms with Gasteiger partial charge in [-0.3, -0.25) is 4.79 Å². The molecule has 0 spiro atoms. The van der Waals surface area contributed by atoms with Crippen LogP contribution in [0.25, 0.3) is 0 Å². The molecule has 0 saturated carbocycles. The number of nitrogens with one attached hydrogen (secondary N) is 2. The van der Waals surface area contributed by atoms with Gasteiger partial charge < -0.3 is 10.6 Å². The molecular weight excluding hydrogens is 152 g/mol. The minimum atomic E-state index is 0.358. The Kier molecular flexibility index (Phi) is 4.84. The van der Waals surface area contributed by atoms with Crippen molar-refractivity contribution in [2.45, 2.75) is 26.8 Å². The number of carbonyl (C=O) groups is 1. The summed E-state index contributed by atoms with van der Waals surface area (Å²) in [5.41, 5.74) is 1.76. The Labute approximate surface area is 73.5 Å². The first-order valence-electron chi connectivity index (χ1n) is 3.90. The maximum atomic E-state index is 9.95. The van der Waals surface area contributed by atoms with Crippen LogP contribution in [0, 0.1) is 0 Å². The maximum absolute atomic E-state index is 9.95. The lowest BCUT2D eigenvalue weighted by Crippen LogP contribution is -2.22. The lowest BCUT2D eigenvalue weighted by atomic mass is 10.2. The second-order valence-electron chi connectivity index (χ2n) is 2.89. The highest BCUT2D eigenvalue weighted by Gasteiger charge is 1.97. The molecule has 0 atom stereocenters. The van der Waals surface area contributed by atoms with Crippen molar-refractivity contribution in [1.29, 1.82) is 0 Å². The number of hydrogen-bond acceptors (Lipinski definition) is 2. The molecule has 0 aromatic rings. The summed E-state index contributed by atoms with van der Waals surface area (Å²) in [6, 6.07) is 0.358. The van der Waals surface area contributed by atoms with E-state index in [0.717, 1.165) is 11.3 Å². The van der Waals surface area contributed by atoms with E-state index in [9.17, 15) is 4.79 Å². The van der Waals surface area contributed by atoms with Crippen LogP contribution in [0.5, 0.6) is 0 Å². The fraction of sp³-hybridized carbons (Fsp3) is 0.444. The molecule has 68 valence electrons. The Morgan fingerprint density at radius 2 is 2.08 bits per heavy atom. The van der Waals surface area contributed by atoms with Crippen LogP contribution in [0.15, 0.2) is 24.0 Å². The normalized spacial score (nSPS) is 11.2. The number of amides is 1. The number of hydrogen-bond donors (Lipinski definition) is 2. The largest absolute Gasteiger partial charge is 0.383 e. The third-order valence-electron chi connectivity index (χ3n) is 1.31. The highest BCUT2D eigenvalue weighted by Crippen LogP contribution is 2.01. The summed E-state index contributed by atoms with van der Waals surface area (Å²) >= 11 is 0. The van der Waals surface area contributed by atoms with Crippen LogP contribution in [-0.2, 0) is 4.79 Å². The fourth-order valence-corrected chi connectivity index (χ4v) is 0.708. The van der Waals surface area contributed by atoms with E-state index in [1.165, 1.54) is 0 Å². The molecule has 2 N–H and O–H groups in total. The van der Waals surface area contributed by atoms with Crippen molar-refractivity contribution >= 4 is 6.41 Å². The molecule has 0 aromatic carbocycles. The second-order valence-corrected chi connectivity index (χ2v) is 2.89. The zero-order chi connectivity index (χ0) is 9.56. The molecule has 0 radical (unpaired) electrons. The Hall–Kier alpha value is -1.25. The summed E-state index contributed by atoms with van der Waals surface area (Å²) in [5, 5.41) is 5.59. The molecule has 0 rings (SSSR count). The van der Waals surface area contributed by atoms with E-state index in [2.05, 4.69) is 17.2 Å². The highest BCUT2D eigenvalue weighted by molar-refractivity contribution is 5.48. The molecule has 0 bridgehead atoms. The summed E-state index contributed by atoms with van der Waals surface area (Å²) in [6.45, 7) is 9.76. The van der Waals surface area contributed by atoms with Crippen LogP contribution in [-0.4, -0.2) is 12.5 Å². The Morgan fingerprint density at radius 1 is 1.50 bits per heavy atom. The molecule has 0 aliphatic carbocycles. The number of rotatable bonds is 5. The van der Waals surface area contributed by atoms with Crippen LogP contribution in [0.2, 0.25) is 0 Å². The van der Waals surface area contributed by atoms with E-state index in [1.54, 1.807) is 6.20 Å². The zero-order valence-corrected chi connectivity index (χ0v) is 7.85. The third kappa shape index (κ3) is 4.55. The van der Waals surface area contributed by atoms with Gasteiger partial charge in [-0.25, -0.2) is 0 Å². The minimum Gasteiger partial charge on any atom is -0.383 e. The molecule has 0 heterocycles. The lowest BCUT2D eigenvalue weighted by Gasteiger charge is -2.12. The first kappa shape index (κ1) is 10.8. The lowest BCUT2D eigenvalue weighted by molar-refractivity contribution is -0.108. The van der Waals surface area contributed by atoms with Crippen molar-refractivity contribution < 1.29 is 4.79 Å². The maximum Gasteiger partial charge on any atom is 0.211 e. The minimum absolute atomic E-state index is 0.358. The number of allylic oxidation sites excluding steroid dienone is 1. The molecule has 0 fully saturated rings. The van der Waals surface area contributed by atoms with Gasteiger partial charge in [0, 0.05) is 17.9 Å². The van der Waals surface area contributed by atoms with Crippen LogP contribution < -0.4 is 10.6 Å². The van der Waals surface area contributed by atoms with Crippen molar-refractivity contribution in [3.05, 3.63) is 24.0 Å². The second kappa shape index (κ2) is 5.41. The van der Waals surface area contributed by atoms with E-state index in [0.29, 0.717) is 12.5 Å². The monoisotopic (exact) mass is 168 g/mol. The van der Waals surface area contributed by atoms with Crippen molar-refractivity contribution in [1.82, 2.24) is 10.6 Å². The van der Waals surface area contributed by atoms with E-state index >= 15 is 0 Å². The molecule has 0 unspecified atom stereocenters. The molecule has 0 aliphatic rings. The van der Waals surface area contributed by atoms with E-state index < -0.39 is 0 Å². The highest BCUT2D eigenvalue weighted by atomic mass is 16.1. The first-order valence-corrected chi connectivity index (χ1v) is 3.90. The Balaban J connectivity index is 4.00. The molecular formula is C9H16N2O. The summed E-state index contributed by atoms with van der Waals surface area (Å²) in [7, 11) is 0. The van der Waals surface area contributed by atoms with Crippen molar-refractivity contribution in [2.24, 2.45) is 0 Å². The van der Waals surface area contributed by atoms with Gasteiger partial charge in [0.05, 0.1) is 0 Å². The molecule has 0 aliphatic heterocycles. The smallest absolute Gasteiger partial charge is 0.211 e. The molecule has 0 saturated heterocycles. The summed E-state index contributed by atoms with van der Waals surface area (Å²) < 4.78 is 0. The zero-order valence-electron chi connectivity index (χ0n) is 7.85. The fourth-order valence-electron chi connectivity index (χ4n) is 0.708. The van der Waals surface area contributed by atoms with Crippen molar-refractivity contribution in [2.75, 3.05) is 0 Å². The van der Waals surface area contributed by atoms with Crippen LogP contribution >= 0.6 is 0 Å². The summed E-state index contributed by atoms with van der Waals surface area (Å²) in [4.78, 5) is 9.95. The average molecular weight is 168 g/mol. The van der Waals surface area contributed by atoms with E-state index in [-0.39, 0.29) is 0 Å². The third-order valence-corrected chi connectivity index (χ3v) is 1.31. The topological polar surface area (TPSA) is 41.1 Å². The average Bonchev–Trinajstić information content (AvgIpc) is 1.98. The van der Waals surface area contributed by atoms with Gasteiger partial charge in [-0.2, -0.15) is 0 Å². The van der Waals surface area contributed by atoms with Crippen LogP contribution in [0.1, 0.15) is 20.8 Å². The van der Waals surface area contributed by atoms with Gasteiger partial charge >= 0.3 is 0 Å². The van der Waals surface area contributed by atoms with E-state index in [1.807, 2.05) is 20.8 Å². The van der Waals surface area contributed by atoms with Gasteiger partial charge in [-0.1, -0.05) is 6.58 Å². The predicted molar refractivity (Wildman–Crippen MR) is 50.4 cm³/mol. The van der Waals surface area contributed by atoms with Gasteiger partial charge in [0.15, 0.2) is 0 Å². The van der Waals surface area contributed by atoms with Gasteiger partial charge in [-0.05, 0) is 26.3 Å². The van der Waals surface area contributed by atoms with Crippen LogP contribution in [0.3, 0.4) is 0 Å². The predicted octanol–water partition coefficient (Wildman–Crippen LogP) is 1.15. The molecule has 3 nitrogen and oxygen atoms in total. The molecule has 0 aromatic heterocycles. The summed E-state index contributed by atoms with van der Waals surface area (Å²) in [5.74, 6) is 0. The molecule has 12 heavy (non-hydrogen) atoms. The quantitative estimate of drug-likeness (QED) is 0.477. The number of carbonyl (C=O) groups excluding carboxylic acids is 1. The van der Waals surface area contributed by atoms with Crippen LogP contribution in [0.4, 0.5) is 0 Å². The standard InChI is InChI=1S/C9H16N2O/c1-7(2)11-9(4)8(3)5-10-6-12/h5-7,11H,4H2,1-3H3,(H,10,12)/b8-5-. The first-order chi connectivity index (χ1) is 5.57. The van der Waals surface area contributed by atoms with Gasteiger partial charge in [-0.15, -0.1) is 0 Å². The molecule has 1 amide bonds. The van der Waals surface area contributed by atoms with Gasteiger partial charge in [0.1, 0.15) is 0 Å². The van der Waals surface area contributed by atoms with E-state index in [4.69, 9.17) is 0 Å². The van der Waals surface area contributed by atoms with Gasteiger partial charge in [0.2, 0.25) is 6.41 Å². The summed E-state index contributed by atoms with van der Waals surface area (Å²) in [6.07, 6.45) is 2.25. The van der Waals surface area contributed by atoms with Crippen molar-refractivity contribution in [3.8, 4) is 0 Å².